The van der Waals surface area contributed by atoms with Gasteiger partial charge in [-0.25, -0.2) is 9.67 Å². The van der Waals surface area contributed by atoms with Crippen LogP contribution in [0.3, 0.4) is 0 Å². The van der Waals surface area contributed by atoms with Gasteiger partial charge in [0.2, 0.25) is 0 Å². The lowest BCUT2D eigenvalue weighted by atomic mass is 10.1. The molecule has 24 heavy (non-hydrogen) atoms. The Bertz CT molecular complexity index is 724. The Hall–Kier alpha value is -1.49. The smallest absolute Gasteiger partial charge is 0.181 e. The van der Waals surface area contributed by atoms with Gasteiger partial charge in [-0.3, -0.25) is 10.3 Å². The fourth-order valence-electron chi connectivity index (χ4n) is 2.52. The molecule has 0 aliphatic carbocycles. The van der Waals surface area contributed by atoms with E-state index in [-0.39, 0.29) is 11.3 Å². The Morgan fingerprint density at radius 1 is 1.42 bits per heavy atom. The fraction of sp³-hybridized carbons (Fsp3) is 0.571. The lowest BCUT2D eigenvalue weighted by Crippen LogP contribution is -2.33. The molecule has 1 saturated heterocycles. The number of ether oxygens (including phenoxy) is 1. The third-order valence-electron chi connectivity index (χ3n) is 3.70. The monoisotopic (exact) mass is 358 g/mol. The zero-order chi connectivity index (χ0) is 17.4. The van der Waals surface area contributed by atoms with Crippen LogP contribution < -0.4 is 5.48 Å². The predicted molar refractivity (Wildman–Crippen MR) is 85.4 cm³/mol. The first-order valence-corrected chi connectivity index (χ1v) is 7.88. The van der Waals surface area contributed by atoms with E-state index in [9.17, 15) is 15.3 Å². The number of hydrogen-bond donors (Lipinski definition) is 4. The highest BCUT2D eigenvalue weighted by Gasteiger charge is 2.44. The zero-order valence-corrected chi connectivity index (χ0v) is 13.9. The molecule has 132 valence electrons. The zero-order valence-electron chi connectivity index (χ0n) is 13.1. The number of nitrogens with zero attached hydrogens (tertiary/aromatic N) is 3. The van der Waals surface area contributed by atoms with Crippen LogP contribution in [0.5, 0.6) is 0 Å². The number of pyridine rings is 1. The van der Waals surface area contributed by atoms with Gasteiger partial charge in [0.1, 0.15) is 23.5 Å². The molecule has 0 spiro atoms. The van der Waals surface area contributed by atoms with Crippen LogP contribution in [0, 0.1) is 0 Å². The van der Waals surface area contributed by atoms with Crippen molar-refractivity contribution in [1.29, 1.82) is 0 Å². The molecule has 0 radical (unpaired) electrons. The maximum atomic E-state index is 10.2. The van der Waals surface area contributed by atoms with Crippen molar-refractivity contribution in [3.8, 4) is 0 Å². The van der Waals surface area contributed by atoms with Crippen molar-refractivity contribution in [1.82, 2.24) is 14.8 Å². The summed E-state index contributed by atoms with van der Waals surface area (Å²) >= 11 is 6.06. The van der Waals surface area contributed by atoms with Crippen molar-refractivity contribution >= 4 is 28.3 Å². The van der Waals surface area contributed by atoms with E-state index in [1.54, 1.807) is 6.07 Å². The van der Waals surface area contributed by atoms with E-state index in [1.165, 1.54) is 10.9 Å². The summed E-state index contributed by atoms with van der Waals surface area (Å²) in [6.45, 7) is 3.32. The first kappa shape index (κ1) is 17.3. The predicted octanol–water partition coefficient (Wildman–Crippen LogP) is 0.448. The topological polar surface area (TPSA) is 122 Å². The Labute approximate surface area is 142 Å². The van der Waals surface area contributed by atoms with Crippen LogP contribution in [0.4, 0.5) is 5.69 Å². The maximum Gasteiger partial charge on any atom is 0.181 e. The van der Waals surface area contributed by atoms with Crippen molar-refractivity contribution in [3.63, 3.8) is 0 Å². The molecule has 1 aliphatic heterocycles. The van der Waals surface area contributed by atoms with Gasteiger partial charge >= 0.3 is 0 Å². The molecule has 1 aliphatic rings. The van der Waals surface area contributed by atoms with Crippen LogP contribution in [0.2, 0.25) is 5.15 Å². The molecule has 0 amide bonds. The minimum absolute atomic E-state index is 0.0533. The molecule has 10 heteroatoms. The Kier molecular flexibility index (Phi) is 4.90. The number of anilines is 1. The van der Waals surface area contributed by atoms with Crippen LogP contribution >= 0.6 is 11.6 Å². The third kappa shape index (κ3) is 3.06. The van der Waals surface area contributed by atoms with Crippen molar-refractivity contribution < 1.29 is 24.9 Å². The Morgan fingerprint density at radius 2 is 2.17 bits per heavy atom. The molecule has 0 bridgehead atoms. The molecule has 1 fully saturated rings. The number of aliphatic hydroxyl groups excluding tert-OH is 3. The van der Waals surface area contributed by atoms with Crippen molar-refractivity contribution in [2.24, 2.45) is 0 Å². The largest absolute Gasteiger partial charge is 0.394 e. The van der Waals surface area contributed by atoms with Gasteiger partial charge in [-0.1, -0.05) is 11.6 Å². The summed E-state index contributed by atoms with van der Waals surface area (Å²) in [5.74, 6) is 0. The normalized spacial score (nSPS) is 27.3. The fourth-order valence-corrected chi connectivity index (χ4v) is 2.71. The van der Waals surface area contributed by atoms with Crippen molar-refractivity contribution in [3.05, 3.63) is 17.4 Å². The number of rotatable bonds is 5. The van der Waals surface area contributed by atoms with E-state index < -0.39 is 31.1 Å². The third-order valence-corrected chi connectivity index (χ3v) is 3.89. The van der Waals surface area contributed by atoms with E-state index in [4.69, 9.17) is 21.2 Å². The average molecular weight is 359 g/mol. The molecule has 4 atom stereocenters. The van der Waals surface area contributed by atoms with Gasteiger partial charge in [-0.05, 0) is 13.8 Å². The summed E-state index contributed by atoms with van der Waals surface area (Å²) in [6, 6.07) is 1.59. The first-order chi connectivity index (χ1) is 11.4. The highest BCUT2D eigenvalue weighted by atomic mass is 35.5. The summed E-state index contributed by atoms with van der Waals surface area (Å²) in [7, 11) is 0. The molecule has 0 saturated carbocycles. The molecule has 4 N–H and O–H groups in total. The molecule has 3 heterocycles. The van der Waals surface area contributed by atoms with E-state index in [0.717, 1.165) is 0 Å². The molecule has 9 nitrogen and oxygen atoms in total. The lowest BCUT2D eigenvalue weighted by Gasteiger charge is -2.16. The SMILES string of the molecule is CC(C)ONc1cc(Cl)nc2c1cnn2[C@@H]1O[C@H](CO)[C@@H](O)[C@H]1O. The van der Waals surface area contributed by atoms with Gasteiger partial charge in [-0.2, -0.15) is 5.10 Å². The van der Waals surface area contributed by atoms with Crippen LogP contribution in [0.15, 0.2) is 12.3 Å². The van der Waals surface area contributed by atoms with Crippen LogP contribution in [0.25, 0.3) is 11.0 Å². The number of aromatic nitrogens is 3. The Morgan fingerprint density at radius 3 is 2.79 bits per heavy atom. The van der Waals surface area contributed by atoms with E-state index in [1.807, 2.05) is 13.8 Å². The molecular formula is C14H19ClN4O5. The second-order valence-electron chi connectivity index (χ2n) is 5.82. The average Bonchev–Trinajstić information content (AvgIpc) is 3.07. The maximum absolute atomic E-state index is 10.2. The van der Waals surface area contributed by atoms with Gasteiger partial charge in [0.25, 0.3) is 0 Å². The van der Waals surface area contributed by atoms with Gasteiger partial charge in [0.15, 0.2) is 11.9 Å². The van der Waals surface area contributed by atoms with Gasteiger partial charge in [-0.15, -0.1) is 0 Å². The molecule has 0 aromatic carbocycles. The standard InChI is InChI=1S/C14H19ClN4O5/c1-6(2)24-18-8-3-10(15)17-13-7(8)4-16-19(13)14-12(22)11(21)9(5-20)23-14/h3-4,6,9,11-12,14,20-22H,5H2,1-2H3,(H,17,18)/t9-,11-,12-,14-/m1/s1. The van der Waals surface area contributed by atoms with E-state index in [2.05, 4.69) is 15.6 Å². The minimum atomic E-state index is -1.26. The van der Waals surface area contributed by atoms with Gasteiger partial charge < -0.3 is 20.1 Å². The van der Waals surface area contributed by atoms with E-state index in [0.29, 0.717) is 16.7 Å². The summed E-state index contributed by atoms with van der Waals surface area (Å²) in [5.41, 5.74) is 3.72. The van der Waals surface area contributed by atoms with Gasteiger partial charge in [0.05, 0.1) is 30.0 Å². The number of aliphatic hydroxyl groups is 3. The summed E-state index contributed by atoms with van der Waals surface area (Å²) in [4.78, 5) is 9.58. The Balaban J connectivity index is 1.98. The number of fused-ring (bicyclic) bond motifs is 1. The van der Waals surface area contributed by atoms with Crippen LogP contribution in [0.1, 0.15) is 20.1 Å². The van der Waals surface area contributed by atoms with Crippen LogP contribution in [-0.2, 0) is 9.57 Å². The highest BCUT2D eigenvalue weighted by molar-refractivity contribution is 6.30. The second kappa shape index (κ2) is 6.79. The molecular weight excluding hydrogens is 340 g/mol. The molecule has 3 rings (SSSR count). The first-order valence-electron chi connectivity index (χ1n) is 7.50. The number of nitrogens with one attached hydrogen (secondary N) is 1. The van der Waals surface area contributed by atoms with Crippen LogP contribution in [-0.4, -0.2) is 61.1 Å². The highest BCUT2D eigenvalue weighted by Crippen LogP contribution is 2.33. The second-order valence-corrected chi connectivity index (χ2v) is 6.20. The van der Waals surface area contributed by atoms with Crippen molar-refractivity contribution in [2.45, 2.75) is 44.5 Å². The molecule has 0 unspecified atom stereocenters. The summed E-state index contributed by atoms with van der Waals surface area (Å²) in [5, 5.41) is 34.3. The molecule has 2 aromatic heterocycles. The number of hydrogen-bond acceptors (Lipinski definition) is 8. The quantitative estimate of drug-likeness (QED) is 0.449. The summed E-state index contributed by atoms with van der Waals surface area (Å²) < 4.78 is 6.81. The van der Waals surface area contributed by atoms with Crippen molar-refractivity contribution in [2.75, 3.05) is 12.1 Å². The lowest BCUT2D eigenvalue weighted by molar-refractivity contribution is -0.0566. The van der Waals surface area contributed by atoms with E-state index >= 15 is 0 Å². The van der Waals surface area contributed by atoms with Gasteiger partial charge in [0, 0.05) is 6.07 Å². The minimum Gasteiger partial charge on any atom is -0.394 e. The molecule has 2 aromatic rings. The summed E-state index contributed by atoms with van der Waals surface area (Å²) in [6.07, 6.45) is -2.89. The number of halogens is 1.